The second-order valence-electron chi connectivity index (χ2n) is 6.55. The fourth-order valence-electron chi connectivity index (χ4n) is 3.00. The van der Waals surface area contributed by atoms with E-state index in [1.807, 2.05) is 24.2 Å². The molecule has 1 aliphatic heterocycles. The molecule has 1 aromatic carbocycles. The van der Waals surface area contributed by atoms with Gasteiger partial charge in [-0.1, -0.05) is 18.2 Å². The van der Waals surface area contributed by atoms with E-state index in [0.29, 0.717) is 12.2 Å². The van der Waals surface area contributed by atoms with Gasteiger partial charge in [-0.05, 0) is 24.3 Å². The molecule has 0 unspecified atom stereocenters. The standard InChI is InChI=1S/C20H16F3N5O/c1-27-9-6-13(7-10-27)25-19(29)15-12-24-28-11-8-17(26-18(15)28)14-4-2-3-5-16(14)20(21,22)23/h2-9,11-12H,10H2,1H3,(H,25,29). The molecule has 2 aromatic heterocycles. The summed E-state index contributed by atoms with van der Waals surface area (Å²) in [6, 6.07) is 6.63. The van der Waals surface area contributed by atoms with Crippen LogP contribution in [-0.2, 0) is 6.18 Å². The molecule has 6 nitrogen and oxygen atoms in total. The highest BCUT2D eigenvalue weighted by atomic mass is 19.4. The Morgan fingerprint density at radius 2 is 2.00 bits per heavy atom. The Balaban J connectivity index is 1.71. The average molecular weight is 399 g/mol. The van der Waals surface area contributed by atoms with E-state index >= 15 is 0 Å². The highest BCUT2D eigenvalue weighted by Gasteiger charge is 2.33. The minimum absolute atomic E-state index is 0.0592. The molecule has 9 heteroatoms. The Kier molecular flexibility index (Phi) is 4.57. The van der Waals surface area contributed by atoms with Crippen molar-refractivity contribution in [3.8, 4) is 11.3 Å². The first kappa shape index (κ1) is 18.7. The highest BCUT2D eigenvalue weighted by molar-refractivity contribution is 6.01. The first-order valence-electron chi connectivity index (χ1n) is 8.74. The number of halogens is 3. The van der Waals surface area contributed by atoms with Crippen molar-refractivity contribution >= 4 is 11.6 Å². The average Bonchev–Trinajstić information content (AvgIpc) is 3.12. The van der Waals surface area contributed by atoms with Gasteiger partial charge in [-0.25, -0.2) is 9.50 Å². The van der Waals surface area contributed by atoms with Crippen LogP contribution in [-0.4, -0.2) is 39.0 Å². The first-order chi connectivity index (χ1) is 13.8. The summed E-state index contributed by atoms with van der Waals surface area (Å²) in [6.07, 6.45) is 3.74. The van der Waals surface area contributed by atoms with Gasteiger partial charge in [-0.3, -0.25) is 4.79 Å². The summed E-state index contributed by atoms with van der Waals surface area (Å²) in [5.41, 5.74) is 0.239. The third-order valence-electron chi connectivity index (χ3n) is 4.49. The van der Waals surface area contributed by atoms with Crippen molar-refractivity contribution in [3.05, 3.63) is 77.9 Å². The van der Waals surface area contributed by atoms with Gasteiger partial charge < -0.3 is 10.2 Å². The van der Waals surface area contributed by atoms with Crippen molar-refractivity contribution in [1.82, 2.24) is 24.8 Å². The summed E-state index contributed by atoms with van der Waals surface area (Å²) in [5, 5.41) is 6.84. The Bertz CT molecular complexity index is 1150. The molecule has 29 heavy (non-hydrogen) atoms. The third kappa shape index (κ3) is 3.71. The number of benzene rings is 1. The summed E-state index contributed by atoms with van der Waals surface area (Å²) in [4.78, 5) is 18.9. The molecular weight excluding hydrogens is 383 g/mol. The summed E-state index contributed by atoms with van der Waals surface area (Å²) in [6.45, 7) is 0.650. The maximum atomic E-state index is 13.4. The Hall–Kier alpha value is -3.62. The predicted octanol–water partition coefficient (Wildman–Crippen LogP) is 3.49. The van der Waals surface area contributed by atoms with E-state index in [4.69, 9.17) is 0 Å². The Morgan fingerprint density at radius 1 is 1.21 bits per heavy atom. The molecule has 0 spiro atoms. The normalized spacial score (nSPS) is 14.2. The lowest BCUT2D eigenvalue weighted by Gasteiger charge is -2.17. The second-order valence-corrected chi connectivity index (χ2v) is 6.55. The fourth-order valence-corrected chi connectivity index (χ4v) is 3.00. The lowest BCUT2D eigenvalue weighted by atomic mass is 10.0. The number of rotatable bonds is 3. The van der Waals surface area contributed by atoms with Crippen LogP contribution in [0.15, 0.2) is 66.8 Å². The number of fused-ring (bicyclic) bond motifs is 1. The van der Waals surface area contributed by atoms with Crippen molar-refractivity contribution < 1.29 is 18.0 Å². The first-order valence-corrected chi connectivity index (χ1v) is 8.74. The van der Waals surface area contributed by atoms with E-state index < -0.39 is 17.6 Å². The van der Waals surface area contributed by atoms with Crippen LogP contribution in [0.25, 0.3) is 16.9 Å². The third-order valence-corrected chi connectivity index (χ3v) is 4.49. The van der Waals surface area contributed by atoms with Crippen molar-refractivity contribution in [2.75, 3.05) is 13.6 Å². The number of carbonyl (C=O) groups excluding carboxylic acids is 1. The minimum Gasteiger partial charge on any atom is -0.377 e. The van der Waals surface area contributed by atoms with E-state index in [0.717, 1.165) is 6.07 Å². The van der Waals surface area contributed by atoms with Gasteiger partial charge in [0.15, 0.2) is 5.65 Å². The minimum atomic E-state index is -4.52. The lowest BCUT2D eigenvalue weighted by Crippen LogP contribution is -2.25. The molecule has 1 aliphatic rings. The Labute approximate surface area is 164 Å². The lowest BCUT2D eigenvalue weighted by molar-refractivity contribution is -0.137. The van der Waals surface area contributed by atoms with Gasteiger partial charge in [0, 0.05) is 37.2 Å². The largest absolute Gasteiger partial charge is 0.417 e. The van der Waals surface area contributed by atoms with Crippen LogP contribution in [0, 0.1) is 0 Å². The molecule has 1 amide bonds. The van der Waals surface area contributed by atoms with Crippen LogP contribution >= 0.6 is 0 Å². The SMILES string of the molecule is CN1C=CC(NC(=O)c2cnn3ccc(-c4ccccc4C(F)(F)F)nc23)=CC1. The van der Waals surface area contributed by atoms with Gasteiger partial charge in [0.25, 0.3) is 5.91 Å². The maximum Gasteiger partial charge on any atom is 0.417 e. The number of likely N-dealkylation sites (N-methyl/N-ethyl adjacent to an activating group) is 1. The van der Waals surface area contributed by atoms with E-state index in [1.54, 1.807) is 6.08 Å². The van der Waals surface area contributed by atoms with Crippen LogP contribution in [0.5, 0.6) is 0 Å². The fraction of sp³-hybridized carbons (Fsp3) is 0.150. The van der Waals surface area contributed by atoms with Crippen LogP contribution < -0.4 is 5.32 Å². The number of hydrogen-bond donors (Lipinski definition) is 1. The van der Waals surface area contributed by atoms with Gasteiger partial charge in [0.2, 0.25) is 0 Å². The smallest absolute Gasteiger partial charge is 0.377 e. The van der Waals surface area contributed by atoms with Crippen LogP contribution in [0.2, 0.25) is 0 Å². The molecule has 3 heterocycles. The predicted molar refractivity (Wildman–Crippen MR) is 101 cm³/mol. The van der Waals surface area contributed by atoms with Gasteiger partial charge in [-0.2, -0.15) is 18.3 Å². The molecular formula is C20H16F3N5O. The summed E-state index contributed by atoms with van der Waals surface area (Å²) in [5.74, 6) is -0.436. The van der Waals surface area contributed by atoms with Crippen LogP contribution in [0.1, 0.15) is 15.9 Å². The summed E-state index contributed by atoms with van der Waals surface area (Å²) >= 11 is 0. The zero-order chi connectivity index (χ0) is 20.6. The zero-order valence-electron chi connectivity index (χ0n) is 15.3. The summed E-state index contributed by atoms with van der Waals surface area (Å²) < 4.78 is 41.4. The van der Waals surface area contributed by atoms with Crippen LogP contribution in [0.3, 0.4) is 0 Å². The van der Waals surface area contributed by atoms with Gasteiger partial charge in [-0.15, -0.1) is 0 Å². The molecule has 0 saturated heterocycles. The highest BCUT2D eigenvalue weighted by Crippen LogP contribution is 2.36. The van der Waals surface area contributed by atoms with Crippen LogP contribution in [0.4, 0.5) is 13.2 Å². The van der Waals surface area contributed by atoms with Gasteiger partial charge >= 0.3 is 6.18 Å². The number of allylic oxidation sites excluding steroid dienone is 1. The number of nitrogens with one attached hydrogen (secondary N) is 1. The molecule has 3 aromatic rings. The summed E-state index contributed by atoms with van der Waals surface area (Å²) in [7, 11) is 1.90. The molecule has 1 N–H and O–H groups in total. The maximum absolute atomic E-state index is 13.4. The molecule has 0 aliphatic carbocycles. The van der Waals surface area contributed by atoms with Crippen molar-refractivity contribution in [1.29, 1.82) is 0 Å². The topological polar surface area (TPSA) is 62.5 Å². The van der Waals surface area contributed by atoms with Crippen molar-refractivity contribution in [2.24, 2.45) is 0 Å². The monoisotopic (exact) mass is 399 g/mol. The number of carbonyl (C=O) groups is 1. The van der Waals surface area contributed by atoms with E-state index in [9.17, 15) is 18.0 Å². The van der Waals surface area contributed by atoms with Crippen molar-refractivity contribution in [3.63, 3.8) is 0 Å². The number of alkyl halides is 3. The molecule has 148 valence electrons. The molecule has 4 rings (SSSR count). The number of aromatic nitrogens is 3. The quantitative estimate of drug-likeness (QED) is 0.733. The van der Waals surface area contributed by atoms with E-state index in [2.05, 4.69) is 15.4 Å². The number of amides is 1. The molecule has 0 bridgehead atoms. The number of nitrogens with zero attached hydrogens (tertiary/aromatic N) is 4. The van der Waals surface area contributed by atoms with E-state index in [1.165, 1.54) is 41.2 Å². The molecule has 0 saturated carbocycles. The molecule has 0 radical (unpaired) electrons. The number of hydrogen-bond acceptors (Lipinski definition) is 4. The second kappa shape index (κ2) is 7.08. The molecule has 0 atom stereocenters. The zero-order valence-corrected chi connectivity index (χ0v) is 15.3. The van der Waals surface area contributed by atoms with E-state index in [-0.39, 0.29) is 22.5 Å². The van der Waals surface area contributed by atoms with Gasteiger partial charge in [0.1, 0.15) is 5.56 Å². The Morgan fingerprint density at radius 3 is 2.72 bits per heavy atom. The van der Waals surface area contributed by atoms with Crippen molar-refractivity contribution in [2.45, 2.75) is 6.18 Å². The molecule has 0 fully saturated rings. The van der Waals surface area contributed by atoms with Gasteiger partial charge in [0.05, 0.1) is 17.5 Å².